The molecule has 0 nitrogen and oxygen atoms in total. The Labute approximate surface area is 44.9 Å². The van der Waals surface area contributed by atoms with E-state index in [0.717, 1.165) is 11.3 Å². The Hall–Kier alpha value is 0. The molecule has 2 rings (SSSR count). The van der Waals surface area contributed by atoms with Crippen LogP contribution < -0.4 is 0 Å². The molecule has 2 aliphatic carbocycles. The maximum absolute atomic E-state index is 2.45. The van der Waals surface area contributed by atoms with E-state index in [1.165, 1.54) is 19.3 Å². The van der Waals surface area contributed by atoms with Crippen LogP contribution in [-0.4, -0.2) is 0 Å². The molecule has 7 heavy (non-hydrogen) atoms. The van der Waals surface area contributed by atoms with Crippen molar-refractivity contribution in [3.8, 4) is 0 Å². The monoisotopic (exact) mass is 95.1 g/mol. The Balaban J connectivity index is 2.04. The van der Waals surface area contributed by atoms with E-state index in [0.29, 0.717) is 0 Å². The second-order valence-electron chi connectivity index (χ2n) is 3.19. The highest BCUT2D eigenvalue weighted by Crippen LogP contribution is 2.59. The molecule has 0 N–H and O–H groups in total. The molecule has 1 unspecified atom stereocenters. The third kappa shape index (κ3) is 0.490. The van der Waals surface area contributed by atoms with E-state index in [1.54, 1.807) is 0 Å². The van der Waals surface area contributed by atoms with Gasteiger partial charge in [0, 0.05) is 0 Å². The molecule has 0 heteroatoms. The summed E-state index contributed by atoms with van der Waals surface area (Å²) < 4.78 is 0. The molecule has 1 radical (unpaired) electrons. The summed E-state index contributed by atoms with van der Waals surface area (Å²) in [6.07, 6.45) is 6.86. The zero-order chi connectivity index (χ0) is 4.91. The van der Waals surface area contributed by atoms with Crippen molar-refractivity contribution in [2.24, 2.45) is 11.3 Å². The van der Waals surface area contributed by atoms with Gasteiger partial charge in [0.2, 0.25) is 0 Å². The van der Waals surface area contributed by atoms with E-state index >= 15 is 0 Å². The first-order chi connectivity index (χ1) is 3.31. The molecule has 0 amide bonds. The second kappa shape index (κ2) is 0.888. The predicted octanol–water partition coefficient (Wildman–Crippen LogP) is 2.01. The Morgan fingerprint density at radius 1 is 1.57 bits per heavy atom. The minimum Gasteiger partial charge on any atom is -0.0591 e. The van der Waals surface area contributed by atoms with E-state index < -0.39 is 0 Å². The van der Waals surface area contributed by atoms with Gasteiger partial charge in [0.05, 0.1) is 0 Å². The molecule has 0 aromatic rings. The molecule has 0 aromatic heterocycles. The van der Waals surface area contributed by atoms with Crippen LogP contribution in [0.25, 0.3) is 0 Å². The van der Waals surface area contributed by atoms with Crippen LogP contribution in [0.5, 0.6) is 0 Å². The zero-order valence-corrected chi connectivity index (χ0v) is 4.78. The smallest absolute Gasteiger partial charge is 0.0263 e. The fraction of sp³-hybridized carbons (Fsp3) is 0.857. The summed E-state index contributed by atoms with van der Waals surface area (Å²) in [5.74, 6) is 1.10. The van der Waals surface area contributed by atoms with Crippen molar-refractivity contribution in [1.29, 1.82) is 0 Å². The highest BCUT2D eigenvalue weighted by molar-refractivity contribution is 5.14. The fourth-order valence-electron chi connectivity index (χ4n) is 1.24. The van der Waals surface area contributed by atoms with Gasteiger partial charge in [0.1, 0.15) is 0 Å². The highest BCUT2D eigenvalue weighted by Gasteiger charge is 2.49. The average Bonchev–Trinajstić information content (AvgIpc) is 2.14. The lowest BCUT2D eigenvalue weighted by Crippen LogP contribution is -1.92. The summed E-state index contributed by atoms with van der Waals surface area (Å²) in [6, 6.07) is 0. The summed E-state index contributed by atoms with van der Waals surface area (Å²) in [5, 5.41) is 0. The Morgan fingerprint density at radius 3 is 2.29 bits per heavy atom. The van der Waals surface area contributed by atoms with Gasteiger partial charge < -0.3 is 0 Å². The molecule has 2 saturated carbocycles. The topological polar surface area (TPSA) is 0 Å². The quantitative estimate of drug-likeness (QED) is 0.467. The lowest BCUT2D eigenvalue weighted by atomic mass is 10.1. The van der Waals surface area contributed by atoms with Crippen LogP contribution in [0.1, 0.15) is 26.2 Å². The van der Waals surface area contributed by atoms with E-state index in [4.69, 9.17) is 0 Å². The van der Waals surface area contributed by atoms with Crippen molar-refractivity contribution >= 4 is 0 Å². The van der Waals surface area contributed by atoms with Crippen molar-refractivity contribution < 1.29 is 0 Å². The van der Waals surface area contributed by atoms with Crippen LogP contribution in [0.15, 0.2) is 0 Å². The van der Waals surface area contributed by atoms with Crippen LogP contribution in [-0.2, 0) is 0 Å². The van der Waals surface area contributed by atoms with E-state index in [2.05, 4.69) is 13.3 Å². The van der Waals surface area contributed by atoms with Gasteiger partial charge >= 0.3 is 0 Å². The lowest BCUT2D eigenvalue weighted by Gasteiger charge is -2.00. The van der Waals surface area contributed by atoms with Crippen molar-refractivity contribution in [2.45, 2.75) is 26.2 Å². The summed E-state index contributed by atoms with van der Waals surface area (Å²) in [6.45, 7) is 2.38. The Morgan fingerprint density at radius 2 is 2.14 bits per heavy atom. The Bertz CT molecular complexity index is 86.2. The van der Waals surface area contributed by atoms with Crippen LogP contribution in [0.3, 0.4) is 0 Å². The van der Waals surface area contributed by atoms with Crippen molar-refractivity contribution in [2.75, 3.05) is 0 Å². The van der Waals surface area contributed by atoms with Gasteiger partial charge in [0.15, 0.2) is 0 Å². The first-order valence-electron chi connectivity index (χ1n) is 3.16. The first-order valence-corrected chi connectivity index (χ1v) is 3.16. The highest BCUT2D eigenvalue weighted by atomic mass is 14.5. The van der Waals surface area contributed by atoms with Gasteiger partial charge in [-0.05, 0) is 37.0 Å². The summed E-state index contributed by atoms with van der Waals surface area (Å²) in [7, 11) is 0. The summed E-state index contributed by atoms with van der Waals surface area (Å²) >= 11 is 0. The molecule has 39 valence electrons. The minimum atomic E-state index is 0.736. The molecular formula is C7H11. The van der Waals surface area contributed by atoms with Gasteiger partial charge in [-0.1, -0.05) is 6.92 Å². The number of hydrogen-bond donors (Lipinski definition) is 0. The SMILES string of the molecule is CC1(C2CC2)[CH]C1. The summed E-state index contributed by atoms with van der Waals surface area (Å²) in [4.78, 5) is 0. The predicted molar refractivity (Wildman–Crippen MR) is 29.7 cm³/mol. The molecule has 0 bridgehead atoms. The molecule has 0 saturated heterocycles. The van der Waals surface area contributed by atoms with Crippen molar-refractivity contribution in [3.05, 3.63) is 6.42 Å². The normalized spacial score (nSPS) is 35.6. The van der Waals surface area contributed by atoms with Gasteiger partial charge in [-0.15, -0.1) is 0 Å². The zero-order valence-electron chi connectivity index (χ0n) is 4.78. The Kier molecular flexibility index (Phi) is 0.499. The minimum absolute atomic E-state index is 0.736. The van der Waals surface area contributed by atoms with Crippen molar-refractivity contribution in [3.63, 3.8) is 0 Å². The number of hydrogen-bond acceptors (Lipinski definition) is 0. The third-order valence-electron chi connectivity index (χ3n) is 2.36. The lowest BCUT2D eigenvalue weighted by molar-refractivity contribution is 0.516. The largest absolute Gasteiger partial charge is 0.0591 e. The second-order valence-corrected chi connectivity index (χ2v) is 3.19. The molecule has 0 aliphatic heterocycles. The summed E-state index contributed by atoms with van der Waals surface area (Å²) in [5.41, 5.74) is 0.736. The fourth-order valence-corrected chi connectivity index (χ4v) is 1.24. The average molecular weight is 95.2 g/mol. The molecule has 2 aliphatic rings. The third-order valence-corrected chi connectivity index (χ3v) is 2.36. The van der Waals surface area contributed by atoms with E-state index in [1.807, 2.05) is 0 Å². The van der Waals surface area contributed by atoms with Crippen LogP contribution in [0, 0.1) is 17.8 Å². The van der Waals surface area contributed by atoms with Gasteiger partial charge in [0.25, 0.3) is 0 Å². The molecular weight excluding hydrogens is 84.1 g/mol. The van der Waals surface area contributed by atoms with Crippen LogP contribution in [0.2, 0.25) is 0 Å². The van der Waals surface area contributed by atoms with Gasteiger partial charge in [-0.25, -0.2) is 0 Å². The first kappa shape index (κ1) is 3.94. The maximum Gasteiger partial charge on any atom is -0.0263 e. The van der Waals surface area contributed by atoms with Crippen LogP contribution in [0.4, 0.5) is 0 Å². The van der Waals surface area contributed by atoms with E-state index in [-0.39, 0.29) is 0 Å². The molecule has 0 aromatic carbocycles. The molecule has 2 fully saturated rings. The van der Waals surface area contributed by atoms with Gasteiger partial charge in [-0.2, -0.15) is 0 Å². The van der Waals surface area contributed by atoms with Gasteiger partial charge in [-0.3, -0.25) is 0 Å². The van der Waals surface area contributed by atoms with Crippen molar-refractivity contribution in [1.82, 2.24) is 0 Å². The van der Waals surface area contributed by atoms with Crippen LogP contribution >= 0.6 is 0 Å². The standard InChI is InChI=1S/C7H11/c1-7(4-5-7)6-2-3-6/h4,6H,2-3,5H2,1H3. The molecule has 1 atom stereocenters. The maximum atomic E-state index is 2.45. The molecule has 0 heterocycles. The van der Waals surface area contributed by atoms with E-state index in [9.17, 15) is 0 Å². The molecule has 0 spiro atoms. The number of rotatable bonds is 1.